The molecule has 6 nitrogen and oxygen atoms in total. The second-order valence-corrected chi connectivity index (χ2v) is 8.45. The molecule has 0 radical (unpaired) electrons. The van der Waals surface area contributed by atoms with Gasteiger partial charge < -0.3 is 4.57 Å². The monoisotopic (exact) mass is 446 g/mol. The van der Waals surface area contributed by atoms with E-state index in [0.717, 1.165) is 15.0 Å². The van der Waals surface area contributed by atoms with Gasteiger partial charge in [-0.2, -0.15) is 0 Å². The molecule has 0 unspecified atom stereocenters. The molecule has 0 fully saturated rings. The van der Waals surface area contributed by atoms with Gasteiger partial charge in [0.15, 0.2) is 16.3 Å². The van der Waals surface area contributed by atoms with Crippen LogP contribution in [0.15, 0.2) is 68.2 Å². The Labute approximate surface area is 180 Å². The van der Waals surface area contributed by atoms with E-state index in [9.17, 15) is 9.59 Å². The lowest BCUT2D eigenvalue weighted by Gasteiger charge is -2.10. The Morgan fingerprint density at radius 3 is 2.10 bits per heavy atom. The van der Waals surface area contributed by atoms with Crippen LogP contribution in [0.25, 0.3) is 11.2 Å². The number of nitrogens with zero attached hydrogens (tertiary/aromatic N) is 4. The van der Waals surface area contributed by atoms with Crippen molar-refractivity contribution >= 4 is 46.1 Å². The third-order valence-corrected chi connectivity index (χ3v) is 6.10. The van der Waals surface area contributed by atoms with Gasteiger partial charge in [-0.1, -0.05) is 47.1 Å². The van der Waals surface area contributed by atoms with Crippen LogP contribution >= 0.6 is 35.0 Å². The van der Waals surface area contributed by atoms with Crippen LogP contribution in [-0.4, -0.2) is 18.7 Å². The zero-order chi connectivity index (χ0) is 20.7. The number of benzene rings is 2. The number of hydrogen-bond acceptors (Lipinski definition) is 4. The van der Waals surface area contributed by atoms with Crippen molar-refractivity contribution in [2.24, 2.45) is 14.1 Å². The molecule has 0 spiro atoms. The number of aryl methyl sites for hydroxylation is 1. The highest BCUT2D eigenvalue weighted by Crippen LogP contribution is 2.30. The zero-order valence-corrected chi connectivity index (χ0v) is 17.9. The maximum atomic E-state index is 12.9. The summed E-state index contributed by atoms with van der Waals surface area (Å²) in [4.78, 5) is 30.8. The Morgan fingerprint density at radius 2 is 1.48 bits per heavy atom. The Morgan fingerprint density at radius 1 is 0.897 bits per heavy atom. The highest BCUT2D eigenvalue weighted by Gasteiger charge is 2.20. The van der Waals surface area contributed by atoms with E-state index < -0.39 is 5.69 Å². The number of halogens is 2. The third kappa shape index (κ3) is 3.73. The van der Waals surface area contributed by atoms with Crippen LogP contribution in [0.4, 0.5) is 0 Å². The fourth-order valence-corrected chi connectivity index (χ4v) is 4.16. The van der Waals surface area contributed by atoms with Gasteiger partial charge in [0.05, 0.1) is 6.54 Å². The van der Waals surface area contributed by atoms with Crippen molar-refractivity contribution in [2.45, 2.75) is 16.6 Å². The molecule has 2 aromatic heterocycles. The molecule has 9 heteroatoms. The third-order valence-electron chi connectivity index (χ3n) is 4.59. The first-order valence-corrected chi connectivity index (χ1v) is 10.3. The maximum absolute atomic E-state index is 12.9. The molecule has 0 aliphatic carbocycles. The molecule has 2 heterocycles. The summed E-state index contributed by atoms with van der Waals surface area (Å²) in [5.41, 5.74) is 0.890. The average Bonchev–Trinajstić information content (AvgIpc) is 3.06. The minimum Gasteiger partial charge on any atom is -0.308 e. The molecule has 0 bridgehead atoms. The number of fused-ring (bicyclic) bond motifs is 1. The van der Waals surface area contributed by atoms with E-state index in [2.05, 4.69) is 4.98 Å². The van der Waals surface area contributed by atoms with E-state index in [1.807, 2.05) is 28.8 Å². The van der Waals surface area contributed by atoms with Crippen molar-refractivity contribution < 1.29 is 0 Å². The lowest BCUT2D eigenvalue weighted by atomic mass is 10.2. The number of hydrogen-bond donors (Lipinski definition) is 0. The van der Waals surface area contributed by atoms with E-state index in [-0.39, 0.29) is 5.56 Å². The van der Waals surface area contributed by atoms with Gasteiger partial charge in [-0.3, -0.25) is 13.9 Å². The maximum Gasteiger partial charge on any atom is 0.332 e. The number of rotatable bonds is 4. The van der Waals surface area contributed by atoms with Crippen molar-refractivity contribution in [3.05, 3.63) is 85.0 Å². The molecular weight excluding hydrogens is 431 g/mol. The number of aromatic nitrogens is 4. The van der Waals surface area contributed by atoms with Crippen LogP contribution in [0.5, 0.6) is 0 Å². The number of imidazole rings is 1. The summed E-state index contributed by atoms with van der Waals surface area (Å²) in [6.45, 7) is 0.414. The SMILES string of the molecule is Cn1c(=O)c2c(nc(Sc3ccc(Cl)cc3)n2Cc2ccc(Cl)cc2)n(C)c1=O. The molecule has 0 saturated carbocycles. The minimum absolute atomic E-state index is 0.350. The summed E-state index contributed by atoms with van der Waals surface area (Å²) in [5, 5.41) is 1.88. The first-order chi connectivity index (χ1) is 13.8. The smallest absolute Gasteiger partial charge is 0.308 e. The lowest BCUT2D eigenvalue weighted by molar-refractivity contribution is 0.696. The van der Waals surface area contributed by atoms with E-state index in [1.165, 1.54) is 23.4 Å². The second-order valence-electron chi connectivity index (χ2n) is 6.54. The summed E-state index contributed by atoms with van der Waals surface area (Å²) < 4.78 is 4.32. The second kappa shape index (κ2) is 7.74. The zero-order valence-electron chi connectivity index (χ0n) is 15.6. The summed E-state index contributed by atoms with van der Waals surface area (Å²) in [6.07, 6.45) is 0. The van der Waals surface area contributed by atoms with Gasteiger partial charge in [-0.15, -0.1) is 0 Å². The summed E-state index contributed by atoms with van der Waals surface area (Å²) >= 11 is 13.4. The van der Waals surface area contributed by atoms with E-state index >= 15 is 0 Å². The van der Waals surface area contributed by atoms with Gasteiger partial charge in [0, 0.05) is 29.0 Å². The molecule has 0 aliphatic heterocycles. The highest BCUT2D eigenvalue weighted by atomic mass is 35.5. The molecule has 0 saturated heterocycles. The molecule has 4 aromatic rings. The van der Waals surface area contributed by atoms with Crippen LogP contribution in [0.1, 0.15) is 5.56 Å². The van der Waals surface area contributed by atoms with Crippen LogP contribution in [-0.2, 0) is 20.6 Å². The van der Waals surface area contributed by atoms with Crippen molar-refractivity contribution in [1.82, 2.24) is 18.7 Å². The fraction of sp³-hybridized carbons (Fsp3) is 0.150. The molecule has 0 N–H and O–H groups in total. The van der Waals surface area contributed by atoms with E-state index in [1.54, 1.807) is 31.3 Å². The molecule has 148 valence electrons. The summed E-state index contributed by atoms with van der Waals surface area (Å²) in [7, 11) is 3.08. The van der Waals surface area contributed by atoms with Crippen LogP contribution in [0.2, 0.25) is 10.0 Å². The van der Waals surface area contributed by atoms with Gasteiger partial charge in [-0.05, 0) is 42.0 Å². The van der Waals surface area contributed by atoms with Crippen molar-refractivity contribution in [3.8, 4) is 0 Å². The molecule has 0 atom stereocenters. The van der Waals surface area contributed by atoms with Gasteiger partial charge in [0.1, 0.15) is 0 Å². The van der Waals surface area contributed by atoms with Gasteiger partial charge in [0.2, 0.25) is 0 Å². The molecular formula is C20H16Cl2N4O2S. The first-order valence-electron chi connectivity index (χ1n) is 8.69. The molecule has 0 amide bonds. The van der Waals surface area contributed by atoms with Crippen molar-refractivity contribution in [1.29, 1.82) is 0 Å². The predicted octanol–water partition coefficient (Wildman–Crippen LogP) is 3.94. The quantitative estimate of drug-likeness (QED) is 0.476. The standard InChI is InChI=1S/C20H16Cl2N4O2S/c1-24-17-16(18(27)25(2)20(24)28)26(11-12-3-5-13(21)6-4-12)19(23-17)29-15-9-7-14(22)8-10-15/h3-10H,11H2,1-2H3. The minimum atomic E-state index is -0.415. The van der Waals surface area contributed by atoms with Crippen LogP contribution in [0.3, 0.4) is 0 Å². The van der Waals surface area contributed by atoms with Gasteiger partial charge in [0.25, 0.3) is 5.56 Å². The van der Waals surface area contributed by atoms with E-state index in [0.29, 0.717) is 32.9 Å². The lowest BCUT2D eigenvalue weighted by Crippen LogP contribution is -2.37. The highest BCUT2D eigenvalue weighted by molar-refractivity contribution is 7.99. The average molecular weight is 447 g/mol. The van der Waals surface area contributed by atoms with Gasteiger partial charge in [-0.25, -0.2) is 9.78 Å². The van der Waals surface area contributed by atoms with Crippen molar-refractivity contribution in [3.63, 3.8) is 0 Å². The normalized spacial score (nSPS) is 11.3. The van der Waals surface area contributed by atoms with Crippen molar-refractivity contribution in [2.75, 3.05) is 0 Å². The van der Waals surface area contributed by atoms with Crippen LogP contribution in [0, 0.1) is 0 Å². The first kappa shape index (κ1) is 19.8. The molecule has 0 aliphatic rings. The summed E-state index contributed by atoms with van der Waals surface area (Å²) in [5.74, 6) is 0. The van der Waals surface area contributed by atoms with Crippen LogP contribution < -0.4 is 11.2 Å². The largest absolute Gasteiger partial charge is 0.332 e. The topological polar surface area (TPSA) is 61.8 Å². The Balaban J connectivity index is 1.93. The Hall–Kier alpha value is -2.48. The van der Waals surface area contributed by atoms with E-state index in [4.69, 9.17) is 23.2 Å². The predicted molar refractivity (Wildman–Crippen MR) is 116 cm³/mol. The Kier molecular flexibility index (Phi) is 5.29. The molecule has 2 aromatic carbocycles. The summed E-state index contributed by atoms with van der Waals surface area (Å²) in [6, 6.07) is 14.8. The molecule has 29 heavy (non-hydrogen) atoms. The Bertz CT molecular complexity index is 1320. The molecule has 4 rings (SSSR count). The van der Waals surface area contributed by atoms with Gasteiger partial charge >= 0.3 is 5.69 Å². The fourth-order valence-electron chi connectivity index (χ4n) is 3.03.